The van der Waals surface area contributed by atoms with Gasteiger partial charge in [-0.05, 0) is 29.4 Å². The molecular formula is C16H25NO3S. The molecule has 1 aromatic carbocycles. The van der Waals surface area contributed by atoms with E-state index in [1.807, 2.05) is 33.8 Å². The highest BCUT2D eigenvalue weighted by Crippen LogP contribution is 2.44. The fourth-order valence-electron chi connectivity index (χ4n) is 2.50. The van der Waals surface area contributed by atoms with Crippen molar-refractivity contribution in [3.8, 4) is 0 Å². The van der Waals surface area contributed by atoms with Crippen molar-refractivity contribution in [1.82, 2.24) is 0 Å². The number of nitro benzene ring substituents is 1. The third-order valence-electron chi connectivity index (χ3n) is 3.52. The number of nitrogens with zero attached hydrogens (tertiary/aromatic N) is 1. The summed E-state index contributed by atoms with van der Waals surface area (Å²) in [5, 5.41) is 11.6. The van der Waals surface area contributed by atoms with Crippen LogP contribution in [0.1, 0.15) is 76.0 Å². The molecule has 5 heteroatoms. The van der Waals surface area contributed by atoms with Crippen LogP contribution in [0.4, 0.5) is 5.69 Å². The fraction of sp³-hybridized carbons (Fsp3) is 0.625. The summed E-state index contributed by atoms with van der Waals surface area (Å²) in [4.78, 5) is 12.3. The van der Waals surface area contributed by atoms with Gasteiger partial charge in [-0.2, -0.15) is 0 Å². The number of nitro groups is 1. The third kappa shape index (κ3) is 3.77. The van der Waals surface area contributed by atoms with Gasteiger partial charge < -0.3 is 4.18 Å². The summed E-state index contributed by atoms with van der Waals surface area (Å²) >= 11 is 1.23. The molecule has 0 amide bonds. The Labute approximate surface area is 131 Å². The van der Waals surface area contributed by atoms with Crippen molar-refractivity contribution >= 4 is 17.7 Å². The Balaban J connectivity index is 3.84. The molecule has 0 unspecified atom stereocenters. The molecule has 1 aromatic rings. The van der Waals surface area contributed by atoms with Crippen LogP contribution in [0.2, 0.25) is 0 Å². The lowest BCUT2D eigenvalue weighted by Crippen LogP contribution is -2.09. The monoisotopic (exact) mass is 311 g/mol. The minimum absolute atomic E-state index is 0.0687. The fourth-order valence-corrected chi connectivity index (χ4v) is 3.48. The number of hydrogen-bond donors (Lipinski definition) is 0. The molecule has 0 saturated carbocycles. The van der Waals surface area contributed by atoms with Crippen molar-refractivity contribution in [1.29, 1.82) is 0 Å². The van der Waals surface area contributed by atoms with Gasteiger partial charge >= 0.3 is 0 Å². The van der Waals surface area contributed by atoms with E-state index in [-0.39, 0.29) is 22.4 Å². The summed E-state index contributed by atoms with van der Waals surface area (Å²) in [6.07, 6.45) is 0. The van der Waals surface area contributed by atoms with Gasteiger partial charge in [0.1, 0.15) is 0 Å². The van der Waals surface area contributed by atoms with E-state index in [2.05, 4.69) is 13.8 Å². The SMILES string of the molecule is COSc1c(C(C)C)cc(C(C)C)c([N+](=O)[O-])c1C(C)C. The molecule has 1 rings (SSSR count). The minimum atomic E-state index is -0.242. The first-order valence-corrected chi connectivity index (χ1v) is 8.02. The largest absolute Gasteiger partial charge is 0.314 e. The predicted molar refractivity (Wildman–Crippen MR) is 88.2 cm³/mol. The lowest BCUT2D eigenvalue weighted by molar-refractivity contribution is -0.386. The van der Waals surface area contributed by atoms with Crippen LogP contribution in [0.15, 0.2) is 11.0 Å². The van der Waals surface area contributed by atoms with E-state index in [1.165, 1.54) is 12.0 Å². The zero-order valence-corrected chi connectivity index (χ0v) is 14.7. The van der Waals surface area contributed by atoms with Crippen LogP contribution in [-0.2, 0) is 4.18 Å². The van der Waals surface area contributed by atoms with E-state index in [1.54, 1.807) is 7.11 Å². The number of benzene rings is 1. The number of hydrogen-bond acceptors (Lipinski definition) is 4. The highest BCUT2D eigenvalue weighted by atomic mass is 32.2. The number of rotatable bonds is 6. The van der Waals surface area contributed by atoms with Crippen molar-refractivity contribution in [2.75, 3.05) is 7.11 Å². The Morgan fingerprint density at radius 2 is 1.57 bits per heavy atom. The van der Waals surface area contributed by atoms with Gasteiger partial charge in [-0.25, -0.2) is 0 Å². The second kappa shape index (κ2) is 7.27. The van der Waals surface area contributed by atoms with E-state index in [9.17, 15) is 10.1 Å². The van der Waals surface area contributed by atoms with Gasteiger partial charge in [0.2, 0.25) is 0 Å². The van der Waals surface area contributed by atoms with Gasteiger partial charge in [-0.3, -0.25) is 10.1 Å². The molecule has 0 aliphatic carbocycles. The standard InChI is InChI=1S/C16H25NO3S/c1-9(2)12-8-13(10(3)4)16(21-20-7)14(11(5)6)15(12)17(18)19/h8-11H,1-7H3. The zero-order valence-electron chi connectivity index (χ0n) is 13.9. The van der Waals surface area contributed by atoms with Crippen LogP contribution < -0.4 is 0 Å². The van der Waals surface area contributed by atoms with Crippen molar-refractivity contribution in [3.05, 3.63) is 32.9 Å². The molecule has 0 heterocycles. The Bertz CT molecular complexity index is 525. The van der Waals surface area contributed by atoms with Gasteiger partial charge in [-0.15, -0.1) is 0 Å². The summed E-state index contributed by atoms with van der Waals surface area (Å²) in [7, 11) is 1.60. The smallest absolute Gasteiger partial charge is 0.277 e. The maximum Gasteiger partial charge on any atom is 0.277 e. The second-order valence-electron chi connectivity index (χ2n) is 6.12. The first kappa shape index (κ1) is 18.0. The van der Waals surface area contributed by atoms with Gasteiger partial charge in [0, 0.05) is 28.1 Å². The summed E-state index contributed by atoms with van der Waals surface area (Å²) in [6.45, 7) is 12.2. The Hall–Kier alpha value is -1.07. The topological polar surface area (TPSA) is 52.4 Å². The molecule has 4 nitrogen and oxygen atoms in total. The first-order valence-electron chi connectivity index (χ1n) is 7.28. The van der Waals surface area contributed by atoms with Crippen LogP contribution in [0.25, 0.3) is 0 Å². The van der Waals surface area contributed by atoms with E-state index >= 15 is 0 Å². The molecule has 0 atom stereocenters. The molecular weight excluding hydrogens is 286 g/mol. The van der Waals surface area contributed by atoms with E-state index in [4.69, 9.17) is 4.18 Å². The highest BCUT2D eigenvalue weighted by Gasteiger charge is 2.30. The van der Waals surface area contributed by atoms with Crippen molar-refractivity contribution in [2.24, 2.45) is 0 Å². The van der Waals surface area contributed by atoms with Crippen LogP contribution in [0.3, 0.4) is 0 Å². The zero-order chi connectivity index (χ0) is 16.3. The average Bonchev–Trinajstić information content (AvgIpc) is 2.36. The highest BCUT2D eigenvalue weighted by molar-refractivity contribution is 7.94. The normalized spacial score (nSPS) is 11.7. The van der Waals surface area contributed by atoms with Crippen molar-refractivity contribution in [3.63, 3.8) is 0 Å². The van der Waals surface area contributed by atoms with Crippen LogP contribution in [-0.4, -0.2) is 12.0 Å². The maximum atomic E-state index is 11.6. The molecule has 0 N–H and O–H groups in total. The molecule has 0 bridgehead atoms. The summed E-state index contributed by atoms with van der Waals surface area (Å²) in [6, 6.07) is 1.99. The molecule has 0 fully saturated rings. The average molecular weight is 311 g/mol. The summed E-state index contributed by atoms with van der Waals surface area (Å²) in [5.41, 5.74) is 2.98. The van der Waals surface area contributed by atoms with Gasteiger partial charge in [-0.1, -0.05) is 41.5 Å². The third-order valence-corrected chi connectivity index (χ3v) is 4.31. The molecule has 118 valence electrons. The van der Waals surface area contributed by atoms with E-state index in [0.29, 0.717) is 5.92 Å². The Kier molecular flexibility index (Phi) is 6.23. The Morgan fingerprint density at radius 3 is 1.90 bits per heavy atom. The molecule has 0 radical (unpaired) electrons. The minimum Gasteiger partial charge on any atom is -0.314 e. The quantitative estimate of drug-likeness (QED) is 0.389. The van der Waals surface area contributed by atoms with Gasteiger partial charge in [0.05, 0.1) is 12.0 Å². The molecule has 21 heavy (non-hydrogen) atoms. The van der Waals surface area contributed by atoms with Gasteiger partial charge in [0.15, 0.2) is 0 Å². The van der Waals surface area contributed by atoms with Crippen LogP contribution >= 0.6 is 12.0 Å². The molecule has 0 aromatic heterocycles. The summed E-state index contributed by atoms with van der Waals surface area (Å²) in [5.74, 6) is 0.472. The van der Waals surface area contributed by atoms with E-state index in [0.717, 1.165) is 21.6 Å². The Morgan fingerprint density at radius 1 is 1.05 bits per heavy atom. The lowest BCUT2D eigenvalue weighted by Gasteiger charge is -2.21. The molecule has 0 aliphatic rings. The maximum absolute atomic E-state index is 11.6. The predicted octanol–water partition coefficient (Wildman–Crippen LogP) is 5.62. The molecule has 0 saturated heterocycles. The van der Waals surface area contributed by atoms with Crippen molar-refractivity contribution in [2.45, 2.75) is 64.2 Å². The molecule has 0 spiro atoms. The van der Waals surface area contributed by atoms with Crippen molar-refractivity contribution < 1.29 is 9.11 Å². The second-order valence-corrected chi connectivity index (χ2v) is 7.03. The van der Waals surface area contributed by atoms with Crippen LogP contribution in [0.5, 0.6) is 0 Å². The van der Waals surface area contributed by atoms with Crippen LogP contribution in [0, 0.1) is 10.1 Å². The van der Waals surface area contributed by atoms with E-state index < -0.39 is 0 Å². The first-order chi connectivity index (χ1) is 9.72. The lowest BCUT2D eigenvalue weighted by atomic mass is 9.87. The summed E-state index contributed by atoms with van der Waals surface area (Å²) < 4.78 is 5.24. The molecule has 0 aliphatic heterocycles. The van der Waals surface area contributed by atoms with Gasteiger partial charge in [0.25, 0.3) is 5.69 Å².